The number of rotatable bonds is 5. The van der Waals surface area contributed by atoms with Crippen LogP contribution in [0.4, 0.5) is 0 Å². The Morgan fingerprint density at radius 1 is 1.12 bits per heavy atom. The van der Waals surface area contributed by atoms with Gasteiger partial charge in [-0.15, -0.1) is 0 Å². The molecule has 0 amide bonds. The van der Waals surface area contributed by atoms with Crippen molar-refractivity contribution in [2.24, 2.45) is 7.05 Å². The van der Waals surface area contributed by atoms with Crippen molar-refractivity contribution < 1.29 is 8.42 Å². The van der Waals surface area contributed by atoms with Crippen LogP contribution >= 0.6 is 31.9 Å². The zero-order valence-corrected chi connectivity index (χ0v) is 17.2. The topological polar surface area (TPSA) is 64.0 Å². The summed E-state index contributed by atoms with van der Waals surface area (Å²) in [5.74, 6) is 0.612. The number of halogens is 2. The molecule has 25 heavy (non-hydrogen) atoms. The quantitative estimate of drug-likeness (QED) is 0.595. The highest BCUT2D eigenvalue weighted by Gasteiger charge is 2.27. The van der Waals surface area contributed by atoms with E-state index in [1.807, 2.05) is 37.4 Å². The molecule has 8 heteroatoms. The summed E-state index contributed by atoms with van der Waals surface area (Å²) in [5, 5.41) is 0. The summed E-state index contributed by atoms with van der Waals surface area (Å²) in [7, 11) is -1.95. The van der Waals surface area contributed by atoms with Gasteiger partial charge in [-0.05, 0) is 39.7 Å². The van der Waals surface area contributed by atoms with Gasteiger partial charge >= 0.3 is 0 Å². The van der Waals surface area contributed by atoms with E-state index in [2.05, 4.69) is 41.6 Å². The predicted octanol–water partition coefficient (Wildman–Crippen LogP) is 4.01. The summed E-state index contributed by atoms with van der Waals surface area (Å²) in [5.41, 5.74) is 0.812. The van der Waals surface area contributed by atoms with E-state index < -0.39 is 16.1 Å². The second kappa shape index (κ2) is 7.41. The van der Waals surface area contributed by atoms with Crippen LogP contribution in [0.5, 0.6) is 0 Å². The minimum absolute atomic E-state index is 0.164. The van der Waals surface area contributed by atoms with E-state index in [-0.39, 0.29) is 4.90 Å². The number of nitrogens with one attached hydrogen (secondary N) is 1. The van der Waals surface area contributed by atoms with E-state index in [0.29, 0.717) is 14.8 Å². The van der Waals surface area contributed by atoms with Crippen molar-refractivity contribution in [3.8, 4) is 0 Å². The Morgan fingerprint density at radius 3 is 2.48 bits per heavy atom. The van der Waals surface area contributed by atoms with Gasteiger partial charge in [0.2, 0.25) is 10.0 Å². The molecule has 0 radical (unpaired) electrons. The zero-order valence-electron chi connectivity index (χ0n) is 13.2. The van der Waals surface area contributed by atoms with Gasteiger partial charge < -0.3 is 4.57 Å². The zero-order chi connectivity index (χ0) is 18.0. The van der Waals surface area contributed by atoms with Crippen LogP contribution in [0.15, 0.2) is 74.8 Å². The van der Waals surface area contributed by atoms with Crippen LogP contribution < -0.4 is 4.72 Å². The first-order valence-electron chi connectivity index (χ1n) is 7.38. The summed E-state index contributed by atoms with van der Waals surface area (Å²) in [6, 6.07) is 13.8. The fourth-order valence-corrected chi connectivity index (χ4v) is 5.16. The van der Waals surface area contributed by atoms with Crippen LogP contribution in [0.2, 0.25) is 0 Å². The maximum absolute atomic E-state index is 13.0. The first-order valence-corrected chi connectivity index (χ1v) is 10.4. The Balaban J connectivity index is 2.06. The Bertz CT molecular complexity index is 988. The molecule has 1 heterocycles. The minimum atomic E-state index is -3.78. The van der Waals surface area contributed by atoms with Gasteiger partial charge in [-0.2, -0.15) is 4.72 Å². The lowest BCUT2D eigenvalue weighted by Gasteiger charge is -2.19. The van der Waals surface area contributed by atoms with E-state index in [0.717, 1.165) is 5.56 Å². The molecule has 0 spiro atoms. The van der Waals surface area contributed by atoms with Crippen LogP contribution in [0.1, 0.15) is 17.4 Å². The molecule has 1 aromatic heterocycles. The van der Waals surface area contributed by atoms with Crippen molar-refractivity contribution in [3.63, 3.8) is 0 Å². The molecule has 3 rings (SSSR count). The molecule has 0 aliphatic rings. The molecule has 5 nitrogen and oxygen atoms in total. The summed E-state index contributed by atoms with van der Waals surface area (Å²) in [4.78, 5) is 4.49. The van der Waals surface area contributed by atoms with Crippen molar-refractivity contribution >= 4 is 41.9 Å². The molecule has 3 aromatic rings. The predicted molar refractivity (Wildman–Crippen MR) is 104 cm³/mol. The molecule has 0 fully saturated rings. The average molecular weight is 485 g/mol. The summed E-state index contributed by atoms with van der Waals surface area (Å²) in [6.45, 7) is 0. The van der Waals surface area contributed by atoms with Crippen molar-refractivity contribution in [1.29, 1.82) is 0 Å². The molecule has 1 atom stereocenters. The van der Waals surface area contributed by atoms with Crippen molar-refractivity contribution in [1.82, 2.24) is 14.3 Å². The van der Waals surface area contributed by atoms with Gasteiger partial charge in [-0.1, -0.05) is 46.3 Å². The number of aromatic nitrogens is 2. The third-order valence-electron chi connectivity index (χ3n) is 3.71. The molecule has 0 saturated heterocycles. The molecule has 2 aromatic carbocycles. The van der Waals surface area contributed by atoms with Crippen molar-refractivity contribution in [2.45, 2.75) is 10.9 Å². The molecule has 0 aliphatic heterocycles. The van der Waals surface area contributed by atoms with Gasteiger partial charge in [0, 0.05) is 28.4 Å². The number of sulfonamides is 1. The highest BCUT2D eigenvalue weighted by Crippen LogP contribution is 2.28. The van der Waals surface area contributed by atoms with Gasteiger partial charge in [-0.25, -0.2) is 13.4 Å². The van der Waals surface area contributed by atoms with Crippen LogP contribution in [0.25, 0.3) is 0 Å². The van der Waals surface area contributed by atoms with E-state index in [4.69, 9.17) is 0 Å². The first kappa shape index (κ1) is 18.3. The molecule has 0 saturated carbocycles. The molecule has 0 bridgehead atoms. The smallest absolute Gasteiger partial charge is 0.242 e. The van der Waals surface area contributed by atoms with Gasteiger partial charge in [0.25, 0.3) is 0 Å². The largest absolute Gasteiger partial charge is 0.336 e. The number of nitrogens with zero attached hydrogens (tertiary/aromatic N) is 2. The van der Waals surface area contributed by atoms with Gasteiger partial charge in [0.15, 0.2) is 0 Å². The first-order chi connectivity index (χ1) is 11.9. The fourth-order valence-electron chi connectivity index (χ4n) is 2.47. The summed E-state index contributed by atoms with van der Waals surface area (Å²) < 4.78 is 31.7. The Kier molecular flexibility index (Phi) is 5.43. The van der Waals surface area contributed by atoms with Crippen LogP contribution in [0, 0.1) is 0 Å². The van der Waals surface area contributed by atoms with Crippen LogP contribution in [-0.4, -0.2) is 18.0 Å². The standard InChI is InChI=1S/C17H15Br2N3O2S/c1-22-10-9-20-17(22)16(12-5-3-2-4-6-12)21-25(23,24)15-11-13(18)7-8-14(15)19/h2-11,16,21H,1H3. The third kappa shape index (κ3) is 4.03. The van der Waals surface area contributed by atoms with E-state index >= 15 is 0 Å². The van der Waals surface area contributed by atoms with Crippen molar-refractivity contribution in [2.75, 3.05) is 0 Å². The molecule has 1 unspecified atom stereocenters. The molecular weight excluding hydrogens is 470 g/mol. The monoisotopic (exact) mass is 483 g/mol. The highest BCUT2D eigenvalue weighted by atomic mass is 79.9. The molecular formula is C17H15Br2N3O2S. The number of hydrogen-bond donors (Lipinski definition) is 1. The average Bonchev–Trinajstić information content (AvgIpc) is 3.01. The minimum Gasteiger partial charge on any atom is -0.336 e. The SMILES string of the molecule is Cn1ccnc1C(NS(=O)(=O)c1cc(Br)ccc1Br)c1ccccc1. The molecule has 130 valence electrons. The van der Waals surface area contributed by atoms with Gasteiger partial charge in [0.05, 0.1) is 4.90 Å². The lowest BCUT2D eigenvalue weighted by Crippen LogP contribution is -2.31. The van der Waals surface area contributed by atoms with Crippen molar-refractivity contribution in [3.05, 3.63) is 81.3 Å². The van der Waals surface area contributed by atoms with Crippen LogP contribution in [0.3, 0.4) is 0 Å². The normalized spacial score (nSPS) is 12.9. The molecule has 0 aliphatic carbocycles. The maximum atomic E-state index is 13.0. The third-order valence-corrected chi connectivity index (χ3v) is 6.62. The highest BCUT2D eigenvalue weighted by molar-refractivity contribution is 9.11. The van der Waals surface area contributed by atoms with Gasteiger partial charge in [0.1, 0.15) is 11.9 Å². The Labute approximate surface area is 163 Å². The number of hydrogen-bond acceptors (Lipinski definition) is 3. The van der Waals surface area contributed by atoms with Gasteiger partial charge in [-0.3, -0.25) is 0 Å². The van der Waals surface area contributed by atoms with E-state index in [1.54, 1.807) is 35.2 Å². The Hall–Kier alpha value is -1.48. The second-order valence-electron chi connectivity index (χ2n) is 5.44. The maximum Gasteiger partial charge on any atom is 0.242 e. The molecule has 1 N–H and O–H groups in total. The lowest BCUT2D eigenvalue weighted by molar-refractivity contribution is 0.562. The lowest BCUT2D eigenvalue weighted by atomic mass is 10.1. The second-order valence-corrected chi connectivity index (χ2v) is 8.89. The summed E-state index contributed by atoms with van der Waals surface area (Å²) in [6.07, 6.45) is 3.43. The number of benzene rings is 2. The number of aryl methyl sites for hydroxylation is 1. The van der Waals surface area contributed by atoms with Crippen LogP contribution in [-0.2, 0) is 17.1 Å². The van der Waals surface area contributed by atoms with E-state index in [9.17, 15) is 8.42 Å². The van der Waals surface area contributed by atoms with E-state index in [1.165, 1.54) is 0 Å². The summed E-state index contributed by atoms with van der Waals surface area (Å²) >= 11 is 6.64. The number of imidazole rings is 1. The fraction of sp³-hybridized carbons (Fsp3) is 0.118. The Morgan fingerprint density at radius 2 is 1.84 bits per heavy atom.